The Balaban J connectivity index is 1.52. The number of carbonyl (C=O) groups is 2. The molecule has 0 aliphatic carbocycles. The standard InChI is InChI=1S/C22H23NO5S/c1-28-22(25)16-9-7-15(8-10-16)21(24)23-17-11-12-18(23)14-20(13-17)29(26,27)19-5-3-2-4-6-19/h2-10,17-18,20H,11-14H2,1H3/t17-,18+,20?. The molecule has 0 N–H and O–H groups in total. The van der Waals surface area contributed by atoms with Crippen LogP contribution in [0.4, 0.5) is 0 Å². The zero-order valence-electron chi connectivity index (χ0n) is 16.2. The van der Waals surface area contributed by atoms with Gasteiger partial charge in [-0.1, -0.05) is 18.2 Å². The number of hydrogen-bond acceptors (Lipinski definition) is 5. The van der Waals surface area contributed by atoms with Crippen molar-refractivity contribution in [2.24, 2.45) is 0 Å². The summed E-state index contributed by atoms with van der Waals surface area (Å²) in [5, 5.41) is -0.465. The quantitative estimate of drug-likeness (QED) is 0.720. The van der Waals surface area contributed by atoms with Gasteiger partial charge in [0.1, 0.15) is 0 Å². The van der Waals surface area contributed by atoms with Gasteiger partial charge in [-0.15, -0.1) is 0 Å². The molecule has 1 amide bonds. The molecule has 2 aliphatic rings. The van der Waals surface area contributed by atoms with E-state index in [1.54, 1.807) is 54.6 Å². The highest BCUT2D eigenvalue weighted by Crippen LogP contribution is 2.40. The van der Waals surface area contributed by atoms with Crippen molar-refractivity contribution in [1.29, 1.82) is 0 Å². The second-order valence-corrected chi connectivity index (χ2v) is 9.85. The first-order valence-corrected chi connectivity index (χ1v) is 11.3. The molecule has 0 saturated carbocycles. The first kappa shape index (κ1) is 19.6. The summed E-state index contributed by atoms with van der Waals surface area (Å²) in [6.45, 7) is 0. The van der Waals surface area contributed by atoms with Gasteiger partial charge in [0.25, 0.3) is 5.91 Å². The highest BCUT2D eigenvalue weighted by molar-refractivity contribution is 7.92. The summed E-state index contributed by atoms with van der Waals surface area (Å²) < 4.78 is 30.8. The molecule has 2 saturated heterocycles. The summed E-state index contributed by atoms with van der Waals surface area (Å²) in [5.41, 5.74) is 0.888. The molecule has 6 nitrogen and oxygen atoms in total. The van der Waals surface area contributed by atoms with Crippen LogP contribution >= 0.6 is 0 Å². The monoisotopic (exact) mass is 413 g/mol. The number of hydrogen-bond donors (Lipinski definition) is 0. The smallest absolute Gasteiger partial charge is 0.337 e. The van der Waals surface area contributed by atoms with Gasteiger partial charge in [-0.3, -0.25) is 4.79 Å². The summed E-state index contributed by atoms with van der Waals surface area (Å²) in [7, 11) is -2.10. The number of benzene rings is 2. The second kappa shape index (κ2) is 7.63. The van der Waals surface area contributed by atoms with Crippen LogP contribution in [0.1, 0.15) is 46.4 Å². The van der Waals surface area contributed by atoms with E-state index in [4.69, 9.17) is 0 Å². The van der Waals surface area contributed by atoms with E-state index < -0.39 is 21.1 Å². The SMILES string of the molecule is COC(=O)c1ccc(C(=O)N2[C@@H]3CC[C@H]2CC(S(=O)(=O)c2ccccc2)C3)cc1. The van der Waals surface area contributed by atoms with Crippen molar-refractivity contribution >= 4 is 21.7 Å². The lowest BCUT2D eigenvalue weighted by atomic mass is 10.0. The van der Waals surface area contributed by atoms with Crippen LogP contribution in [0.3, 0.4) is 0 Å². The maximum Gasteiger partial charge on any atom is 0.337 e. The molecular formula is C22H23NO5S. The number of esters is 1. The third kappa shape index (κ3) is 3.55. The Bertz CT molecular complexity index is 1000. The van der Waals surface area contributed by atoms with Crippen LogP contribution in [-0.2, 0) is 14.6 Å². The van der Waals surface area contributed by atoms with E-state index in [1.165, 1.54) is 7.11 Å². The number of fused-ring (bicyclic) bond motifs is 2. The van der Waals surface area contributed by atoms with Crippen LogP contribution in [0.2, 0.25) is 0 Å². The van der Waals surface area contributed by atoms with Crippen LogP contribution in [0.25, 0.3) is 0 Å². The van der Waals surface area contributed by atoms with Crippen molar-refractivity contribution in [3.8, 4) is 0 Å². The first-order valence-electron chi connectivity index (χ1n) is 9.72. The zero-order chi connectivity index (χ0) is 20.6. The average Bonchev–Trinajstić information content (AvgIpc) is 3.02. The van der Waals surface area contributed by atoms with Gasteiger partial charge in [0.05, 0.1) is 22.8 Å². The third-order valence-electron chi connectivity index (χ3n) is 5.99. The van der Waals surface area contributed by atoms with Gasteiger partial charge in [0.2, 0.25) is 0 Å². The van der Waals surface area contributed by atoms with Gasteiger partial charge in [-0.25, -0.2) is 13.2 Å². The van der Waals surface area contributed by atoms with Crippen molar-refractivity contribution in [3.63, 3.8) is 0 Å². The Morgan fingerprint density at radius 2 is 1.45 bits per heavy atom. The fraction of sp³-hybridized carbons (Fsp3) is 0.364. The molecule has 0 spiro atoms. The predicted molar refractivity (Wildman–Crippen MR) is 107 cm³/mol. The normalized spacial score (nSPS) is 23.6. The number of amides is 1. The highest BCUT2D eigenvalue weighted by atomic mass is 32.2. The molecule has 2 heterocycles. The van der Waals surface area contributed by atoms with E-state index in [-0.39, 0.29) is 18.0 Å². The number of nitrogens with zero attached hydrogens (tertiary/aromatic N) is 1. The predicted octanol–water partition coefficient (Wildman–Crippen LogP) is 3.08. The maximum absolute atomic E-state index is 13.1. The number of piperidine rings is 1. The van der Waals surface area contributed by atoms with E-state index >= 15 is 0 Å². The zero-order valence-corrected chi connectivity index (χ0v) is 17.0. The number of ether oxygens (including phenoxy) is 1. The summed E-state index contributed by atoms with van der Waals surface area (Å²) in [6, 6.07) is 14.8. The fourth-order valence-corrected chi connectivity index (χ4v) is 6.40. The molecule has 2 fully saturated rings. The molecule has 0 aromatic heterocycles. The van der Waals surface area contributed by atoms with Gasteiger partial charge < -0.3 is 9.64 Å². The Kier molecular flexibility index (Phi) is 5.17. The molecule has 3 atom stereocenters. The van der Waals surface area contributed by atoms with Gasteiger partial charge >= 0.3 is 5.97 Å². The maximum atomic E-state index is 13.1. The van der Waals surface area contributed by atoms with Crippen LogP contribution < -0.4 is 0 Å². The van der Waals surface area contributed by atoms with E-state index in [0.717, 1.165) is 12.8 Å². The van der Waals surface area contributed by atoms with Crippen LogP contribution in [0.15, 0.2) is 59.5 Å². The Morgan fingerprint density at radius 1 is 0.897 bits per heavy atom. The van der Waals surface area contributed by atoms with Crippen LogP contribution in [0, 0.1) is 0 Å². The van der Waals surface area contributed by atoms with Crippen LogP contribution in [-0.4, -0.2) is 49.6 Å². The number of carbonyl (C=O) groups excluding carboxylic acids is 2. The molecule has 152 valence electrons. The fourth-order valence-electron chi connectivity index (χ4n) is 4.53. The van der Waals surface area contributed by atoms with Gasteiger partial charge in [0, 0.05) is 17.6 Å². The van der Waals surface area contributed by atoms with Crippen molar-refractivity contribution < 1.29 is 22.7 Å². The minimum Gasteiger partial charge on any atom is -0.465 e. The van der Waals surface area contributed by atoms with Crippen LogP contribution in [0.5, 0.6) is 0 Å². The average molecular weight is 413 g/mol. The molecule has 2 aromatic rings. The topological polar surface area (TPSA) is 80.8 Å². The van der Waals surface area contributed by atoms with E-state index in [2.05, 4.69) is 4.74 Å². The lowest BCUT2D eigenvalue weighted by Crippen LogP contribution is -2.49. The second-order valence-electron chi connectivity index (χ2n) is 7.62. The Labute approximate surface area is 170 Å². The van der Waals surface area contributed by atoms with E-state index in [0.29, 0.717) is 28.9 Å². The lowest BCUT2D eigenvalue weighted by molar-refractivity contribution is 0.0586. The third-order valence-corrected chi connectivity index (χ3v) is 8.18. The molecule has 2 aromatic carbocycles. The molecule has 7 heteroatoms. The number of rotatable bonds is 4. The summed E-state index contributed by atoms with van der Waals surface area (Å²) >= 11 is 0. The molecule has 4 rings (SSSR count). The number of sulfone groups is 1. The summed E-state index contributed by atoms with van der Waals surface area (Å²) in [4.78, 5) is 26.9. The Hall–Kier alpha value is -2.67. The first-order chi connectivity index (χ1) is 13.9. The lowest BCUT2D eigenvalue weighted by Gasteiger charge is -2.38. The largest absolute Gasteiger partial charge is 0.465 e. The molecule has 2 bridgehead atoms. The Morgan fingerprint density at radius 3 is 2.00 bits per heavy atom. The highest BCUT2D eigenvalue weighted by Gasteiger charge is 2.47. The minimum atomic E-state index is -3.41. The van der Waals surface area contributed by atoms with Crippen molar-refractivity contribution in [3.05, 3.63) is 65.7 Å². The summed E-state index contributed by atoms with van der Waals surface area (Å²) in [6.07, 6.45) is 2.55. The van der Waals surface area contributed by atoms with Gasteiger partial charge in [-0.05, 0) is 62.1 Å². The van der Waals surface area contributed by atoms with Gasteiger partial charge in [-0.2, -0.15) is 0 Å². The molecular weight excluding hydrogens is 390 g/mol. The van der Waals surface area contributed by atoms with E-state index in [9.17, 15) is 18.0 Å². The molecule has 2 aliphatic heterocycles. The molecule has 0 radical (unpaired) electrons. The van der Waals surface area contributed by atoms with Crippen molar-refractivity contribution in [2.45, 2.75) is 47.9 Å². The van der Waals surface area contributed by atoms with Crippen molar-refractivity contribution in [2.75, 3.05) is 7.11 Å². The number of methoxy groups -OCH3 is 1. The molecule has 29 heavy (non-hydrogen) atoms. The van der Waals surface area contributed by atoms with Gasteiger partial charge in [0.15, 0.2) is 9.84 Å². The van der Waals surface area contributed by atoms with Crippen molar-refractivity contribution in [1.82, 2.24) is 4.90 Å². The minimum absolute atomic E-state index is 0.0787. The molecule has 1 unspecified atom stereocenters. The summed E-state index contributed by atoms with van der Waals surface area (Å²) in [5.74, 6) is -0.555. The van der Waals surface area contributed by atoms with E-state index in [1.807, 2.05) is 4.90 Å².